The molecule has 0 spiro atoms. The van der Waals surface area contributed by atoms with Crippen LogP contribution in [0.1, 0.15) is 24.5 Å². The van der Waals surface area contributed by atoms with Crippen molar-refractivity contribution >= 4 is 17.4 Å². The molecule has 0 atom stereocenters. The topological polar surface area (TPSA) is 49.9 Å². The van der Waals surface area contributed by atoms with Crippen molar-refractivity contribution in [2.45, 2.75) is 19.9 Å². The van der Waals surface area contributed by atoms with Crippen molar-refractivity contribution in [1.29, 1.82) is 0 Å². The molecule has 1 aliphatic heterocycles. The van der Waals surface area contributed by atoms with Crippen LogP contribution in [0, 0.1) is 0 Å². The maximum atomic E-state index is 13.1. The standard InChI is InChI=1S/C22H24N2O3/c1-4-14-24-21(25)19(17-12-8-9-13-18(17)27-3)20(22(24)26)23(2)15-16-10-6-5-7-11-16/h5-13H,4,14-15H2,1-3H3. The molecular formula is C22H24N2O3. The number of amides is 2. The van der Waals surface area contributed by atoms with Crippen molar-refractivity contribution in [3.05, 3.63) is 71.4 Å². The van der Waals surface area contributed by atoms with E-state index in [0.29, 0.717) is 42.1 Å². The van der Waals surface area contributed by atoms with Crippen molar-refractivity contribution in [1.82, 2.24) is 9.80 Å². The SMILES string of the molecule is CCCN1C(=O)C(c2ccccc2OC)=C(N(C)Cc2ccccc2)C1=O. The van der Waals surface area contributed by atoms with E-state index in [2.05, 4.69) is 0 Å². The number of hydrogen-bond acceptors (Lipinski definition) is 4. The fourth-order valence-corrected chi connectivity index (χ4v) is 3.37. The molecular weight excluding hydrogens is 340 g/mol. The van der Waals surface area contributed by atoms with E-state index in [9.17, 15) is 9.59 Å². The number of hydrogen-bond donors (Lipinski definition) is 0. The van der Waals surface area contributed by atoms with Gasteiger partial charge in [-0.3, -0.25) is 14.5 Å². The van der Waals surface area contributed by atoms with Crippen LogP contribution in [0.2, 0.25) is 0 Å². The minimum absolute atomic E-state index is 0.249. The summed E-state index contributed by atoms with van der Waals surface area (Å²) < 4.78 is 5.45. The van der Waals surface area contributed by atoms with Gasteiger partial charge in [0, 0.05) is 25.7 Å². The molecule has 1 heterocycles. The summed E-state index contributed by atoms with van der Waals surface area (Å²) in [6.07, 6.45) is 0.715. The third kappa shape index (κ3) is 3.58. The molecule has 0 N–H and O–H groups in total. The average molecular weight is 364 g/mol. The summed E-state index contributed by atoms with van der Waals surface area (Å²) in [7, 11) is 3.41. The first-order valence-electron chi connectivity index (χ1n) is 9.07. The monoisotopic (exact) mass is 364 g/mol. The molecule has 27 heavy (non-hydrogen) atoms. The van der Waals surface area contributed by atoms with Crippen LogP contribution in [-0.2, 0) is 16.1 Å². The second-order valence-electron chi connectivity index (χ2n) is 6.53. The Morgan fingerprint density at radius 2 is 1.63 bits per heavy atom. The molecule has 0 saturated carbocycles. The number of likely N-dealkylation sites (N-methyl/N-ethyl adjacent to an activating group) is 1. The molecule has 140 valence electrons. The van der Waals surface area contributed by atoms with Gasteiger partial charge in [0.15, 0.2) is 0 Å². The lowest BCUT2D eigenvalue weighted by atomic mass is 10.0. The smallest absolute Gasteiger partial charge is 0.277 e. The number of ether oxygens (including phenoxy) is 1. The van der Waals surface area contributed by atoms with Gasteiger partial charge >= 0.3 is 0 Å². The summed E-state index contributed by atoms with van der Waals surface area (Å²) in [5, 5.41) is 0. The Balaban J connectivity index is 2.09. The van der Waals surface area contributed by atoms with Gasteiger partial charge < -0.3 is 9.64 Å². The predicted molar refractivity (Wildman–Crippen MR) is 105 cm³/mol. The largest absolute Gasteiger partial charge is 0.496 e. The number of para-hydroxylation sites is 1. The summed E-state index contributed by atoms with van der Waals surface area (Å²) in [5.41, 5.74) is 2.54. The number of imide groups is 1. The number of rotatable bonds is 7. The summed E-state index contributed by atoms with van der Waals surface area (Å²) in [6, 6.07) is 17.2. The summed E-state index contributed by atoms with van der Waals surface area (Å²) in [6.45, 7) is 2.89. The van der Waals surface area contributed by atoms with Crippen LogP contribution in [-0.4, -0.2) is 42.3 Å². The zero-order valence-corrected chi connectivity index (χ0v) is 15.9. The van der Waals surface area contributed by atoms with Crippen LogP contribution in [0.15, 0.2) is 60.3 Å². The first-order chi connectivity index (χ1) is 13.1. The Hall–Kier alpha value is -3.08. The minimum atomic E-state index is -0.263. The molecule has 5 nitrogen and oxygen atoms in total. The Kier molecular flexibility index (Phi) is 5.60. The van der Waals surface area contributed by atoms with Crippen LogP contribution < -0.4 is 4.74 Å². The lowest BCUT2D eigenvalue weighted by Gasteiger charge is -2.21. The number of methoxy groups -OCH3 is 1. The highest BCUT2D eigenvalue weighted by atomic mass is 16.5. The highest BCUT2D eigenvalue weighted by Gasteiger charge is 2.41. The van der Waals surface area contributed by atoms with Crippen LogP contribution in [0.5, 0.6) is 5.75 Å². The Bertz CT molecular complexity index is 874. The molecule has 1 aliphatic rings. The first kappa shape index (κ1) is 18.7. The maximum absolute atomic E-state index is 13.1. The number of benzene rings is 2. The van der Waals surface area contributed by atoms with Crippen molar-refractivity contribution in [2.75, 3.05) is 20.7 Å². The second-order valence-corrected chi connectivity index (χ2v) is 6.53. The summed E-state index contributed by atoms with van der Waals surface area (Å²) in [4.78, 5) is 29.4. The zero-order chi connectivity index (χ0) is 19.4. The number of nitrogens with zero attached hydrogens (tertiary/aromatic N) is 2. The summed E-state index contributed by atoms with van der Waals surface area (Å²) in [5.74, 6) is 0.0695. The lowest BCUT2D eigenvalue weighted by Crippen LogP contribution is -2.34. The maximum Gasteiger partial charge on any atom is 0.277 e. The van der Waals surface area contributed by atoms with Crippen molar-refractivity contribution in [3.8, 4) is 5.75 Å². The van der Waals surface area contributed by atoms with Crippen molar-refractivity contribution in [3.63, 3.8) is 0 Å². The first-order valence-corrected chi connectivity index (χ1v) is 9.07. The summed E-state index contributed by atoms with van der Waals surface area (Å²) >= 11 is 0. The Morgan fingerprint density at radius 3 is 2.30 bits per heavy atom. The molecule has 5 heteroatoms. The molecule has 0 aromatic heterocycles. The predicted octanol–water partition coefficient (Wildman–Crippen LogP) is 3.32. The van der Waals surface area contributed by atoms with Gasteiger partial charge in [-0.1, -0.05) is 55.5 Å². The van der Waals surface area contributed by atoms with Gasteiger partial charge in [0.1, 0.15) is 11.4 Å². The molecule has 0 aliphatic carbocycles. The molecule has 3 rings (SSSR count). The Labute approximate surface area is 159 Å². The molecule has 0 radical (unpaired) electrons. The zero-order valence-electron chi connectivity index (χ0n) is 15.9. The van der Waals surface area contributed by atoms with E-state index in [1.807, 2.05) is 67.4 Å². The highest BCUT2D eigenvalue weighted by Crippen LogP contribution is 2.36. The van der Waals surface area contributed by atoms with Crippen LogP contribution in [0.25, 0.3) is 5.57 Å². The van der Waals surface area contributed by atoms with E-state index in [0.717, 1.165) is 5.56 Å². The lowest BCUT2D eigenvalue weighted by molar-refractivity contribution is -0.137. The minimum Gasteiger partial charge on any atom is -0.496 e. The normalized spacial score (nSPS) is 14.1. The molecule has 0 fully saturated rings. The third-order valence-electron chi connectivity index (χ3n) is 4.61. The van der Waals surface area contributed by atoms with E-state index >= 15 is 0 Å². The van der Waals surface area contributed by atoms with Gasteiger partial charge in [-0.25, -0.2) is 0 Å². The fraction of sp³-hybridized carbons (Fsp3) is 0.273. The Morgan fingerprint density at radius 1 is 0.963 bits per heavy atom. The third-order valence-corrected chi connectivity index (χ3v) is 4.61. The van der Waals surface area contributed by atoms with E-state index in [4.69, 9.17) is 4.74 Å². The van der Waals surface area contributed by atoms with E-state index < -0.39 is 0 Å². The van der Waals surface area contributed by atoms with Crippen LogP contribution in [0.3, 0.4) is 0 Å². The molecule has 2 amide bonds. The van der Waals surface area contributed by atoms with E-state index in [1.165, 1.54) is 4.90 Å². The van der Waals surface area contributed by atoms with Crippen LogP contribution in [0.4, 0.5) is 0 Å². The van der Waals surface area contributed by atoms with Gasteiger partial charge in [0.25, 0.3) is 11.8 Å². The van der Waals surface area contributed by atoms with Gasteiger partial charge in [-0.2, -0.15) is 0 Å². The highest BCUT2D eigenvalue weighted by molar-refractivity contribution is 6.35. The quantitative estimate of drug-likeness (QED) is 0.707. The van der Waals surface area contributed by atoms with E-state index in [-0.39, 0.29) is 11.8 Å². The van der Waals surface area contributed by atoms with Crippen molar-refractivity contribution in [2.24, 2.45) is 0 Å². The van der Waals surface area contributed by atoms with Gasteiger partial charge in [-0.05, 0) is 18.1 Å². The molecule has 2 aromatic rings. The molecule has 0 unspecified atom stereocenters. The van der Waals surface area contributed by atoms with Crippen LogP contribution >= 0.6 is 0 Å². The molecule has 0 saturated heterocycles. The second kappa shape index (κ2) is 8.08. The van der Waals surface area contributed by atoms with Gasteiger partial charge in [-0.15, -0.1) is 0 Å². The van der Waals surface area contributed by atoms with Crippen molar-refractivity contribution < 1.29 is 14.3 Å². The number of carbonyl (C=O) groups excluding carboxylic acids is 2. The van der Waals surface area contributed by atoms with Gasteiger partial charge in [0.2, 0.25) is 0 Å². The molecule has 2 aromatic carbocycles. The van der Waals surface area contributed by atoms with E-state index in [1.54, 1.807) is 13.2 Å². The number of carbonyl (C=O) groups is 2. The molecule has 0 bridgehead atoms. The fourth-order valence-electron chi connectivity index (χ4n) is 3.37. The van der Waals surface area contributed by atoms with Gasteiger partial charge in [0.05, 0.1) is 12.7 Å². The average Bonchev–Trinajstić information content (AvgIpc) is 2.93.